The first-order chi connectivity index (χ1) is 26.0. The monoisotopic (exact) mass is 695 g/mol. The van der Waals surface area contributed by atoms with Crippen LogP contribution < -0.4 is 4.90 Å². The first-order valence-corrected chi connectivity index (χ1v) is 19.2. The summed E-state index contributed by atoms with van der Waals surface area (Å²) in [6.45, 7) is 4.71. The third-order valence-corrected chi connectivity index (χ3v) is 12.2. The van der Waals surface area contributed by atoms with Crippen molar-refractivity contribution in [1.29, 1.82) is 0 Å². The van der Waals surface area contributed by atoms with Gasteiger partial charge in [-0.05, 0) is 122 Å². The number of thiophene rings is 1. The molecule has 0 bridgehead atoms. The SMILES string of the molecule is CC1(C)c2ccc(-c3ccc(N(c4ccccc4)c4ccc(-c5ccc6sc7ccccc7c6c5)cc4)cc3)cc2-c2ccc(-c3ccccc3)cc21. The summed E-state index contributed by atoms with van der Waals surface area (Å²) in [5.41, 5.74) is 16.2. The van der Waals surface area contributed by atoms with Crippen LogP contribution >= 0.6 is 11.3 Å². The molecule has 1 heterocycles. The fourth-order valence-electron chi connectivity index (χ4n) is 8.28. The Labute approximate surface area is 315 Å². The normalized spacial score (nSPS) is 12.9. The standard InChI is InChI=1S/C51H37NS/c1-51(2)47-29-22-37(31-45(47)43-28-21-39(33-48(43)51)34-11-5-3-6-12-34)35-17-24-41(25-18-35)52(40-13-7-4-8-14-40)42-26-19-36(20-27-42)38-23-30-50-46(32-38)44-15-9-10-16-49(44)53-50/h3-33H,1-2H3. The molecule has 8 aromatic carbocycles. The molecule has 1 nitrogen and oxygen atoms in total. The largest absolute Gasteiger partial charge is 0.311 e. The first-order valence-electron chi connectivity index (χ1n) is 18.3. The molecular weight excluding hydrogens is 659 g/mol. The highest BCUT2D eigenvalue weighted by Gasteiger charge is 2.35. The zero-order chi connectivity index (χ0) is 35.5. The van der Waals surface area contributed by atoms with Gasteiger partial charge in [-0.15, -0.1) is 11.3 Å². The zero-order valence-corrected chi connectivity index (χ0v) is 30.6. The minimum Gasteiger partial charge on any atom is -0.311 e. The van der Waals surface area contributed by atoms with Crippen molar-refractivity contribution in [2.45, 2.75) is 19.3 Å². The van der Waals surface area contributed by atoms with Gasteiger partial charge in [0.2, 0.25) is 0 Å². The number of nitrogens with zero attached hydrogens (tertiary/aromatic N) is 1. The van der Waals surface area contributed by atoms with E-state index in [-0.39, 0.29) is 5.41 Å². The average molecular weight is 696 g/mol. The fourth-order valence-corrected chi connectivity index (χ4v) is 9.37. The summed E-state index contributed by atoms with van der Waals surface area (Å²) in [5.74, 6) is 0. The van der Waals surface area contributed by atoms with Crippen LogP contribution in [0.25, 0.3) is 64.7 Å². The van der Waals surface area contributed by atoms with Gasteiger partial charge in [0.05, 0.1) is 0 Å². The van der Waals surface area contributed by atoms with Crippen LogP contribution in [0.15, 0.2) is 188 Å². The van der Waals surface area contributed by atoms with Crippen LogP contribution in [-0.2, 0) is 5.41 Å². The second-order valence-corrected chi connectivity index (χ2v) is 15.7. The molecule has 2 heteroatoms. The Hall–Kier alpha value is -6.22. The van der Waals surface area contributed by atoms with Gasteiger partial charge in [-0.25, -0.2) is 0 Å². The van der Waals surface area contributed by atoms with E-state index >= 15 is 0 Å². The number of fused-ring (bicyclic) bond motifs is 6. The summed E-state index contributed by atoms with van der Waals surface area (Å²) >= 11 is 1.86. The van der Waals surface area contributed by atoms with E-state index in [0.717, 1.165) is 17.1 Å². The topological polar surface area (TPSA) is 3.24 Å². The summed E-state index contributed by atoms with van der Waals surface area (Å²) in [6, 6.07) is 69.0. The molecule has 0 amide bonds. The number of anilines is 3. The number of rotatable bonds is 6. The van der Waals surface area contributed by atoms with Gasteiger partial charge < -0.3 is 4.90 Å². The Kier molecular flexibility index (Phi) is 7.42. The molecule has 9 aromatic rings. The summed E-state index contributed by atoms with van der Waals surface area (Å²) in [7, 11) is 0. The molecule has 10 rings (SSSR count). The summed E-state index contributed by atoms with van der Waals surface area (Å²) < 4.78 is 2.67. The maximum absolute atomic E-state index is 2.40. The summed E-state index contributed by atoms with van der Waals surface area (Å²) in [4.78, 5) is 2.34. The molecule has 252 valence electrons. The van der Waals surface area contributed by atoms with Gasteiger partial charge in [-0.3, -0.25) is 0 Å². The van der Waals surface area contributed by atoms with Crippen molar-refractivity contribution >= 4 is 48.6 Å². The van der Waals surface area contributed by atoms with Gasteiger partial charge in [0.1, 0.15) is 0 Å². The zero-order valence-electron chi connectivity index (χ0n) is 29.8. The smallest absolute Gasteiger partial charge is 0.0462 e. The van der Waals surface area contributed by atoms with Crippen molar-refractivity contribution in [2.75, 3.05) is 4.90 Å². The lowest BCUT2D eigenvalue weighted by molar-refractivity contribution is 0.660. The summed E-state index contributed by atoms with van der Waals surface area (Å²) in [6.07, 6.45) is 0. The van der Waals surface area contributed by atoms with E-state index in [1.807, 2.05) is 11.3 Å². The molecule has 0 radical (unpaired) electrons. The van der Waals surface area contributed by atoms with Gasteiger partial charge in [0.25, 0.3) is 0 Å². The van der Waals surface area contributed by atoms with E-state index in [9.17, 15) is 0 Å². The molecule has 1 aromatic heterocycles. The minimum absolute atomic E-state index is 0.0609. The van der Waals surface area contributed by atoms with Gasteiger partial charge in [-0.1, -0.05) is 135 Å². The number of benzene rings is 8. The number of para-hydroxylation sites is 1. The molecule has 0 fully saturated rings. The highest BCUT2D eigenvalue weighted by molar-refractivity contribution is 7.25. The summed E-state index contributed by atoms with van der Waals surface area (Å²) in [5, 5.41) is 2.65. The van der Waals surface area contributed by atoms with E-state index in [1.54, 1.807) is 0 Å². The predicted octanol–water partition coefficient (Wildman–Crippen LogP) is 14.8. The fraction of sp³-hybridized carbons (Fsp3) is 0.0588. The van der Waals surface area contributed by atoms with Crippen LogP contribution in [0.1, 0.15) is 25.0 Å². The predicted molar refractivity (Wildman–Crippen MR) is 228 cm³/mol. The van der Waals surface area contributed by atoms with Crippen LogP contribution in [-0.4, -0.2) is 0 Å². The maximum Gasteiger partial charge on any atom is 0.0462 e. The quantitative estimate of drug-likeness (QED) is 0.167. The van der Waals surface area contributed by atoms with Crippen LogP contribution in [0.3, 0.4) is 0 Å². The maximum atomic E-state index is 2.40. The Morgan fingerprint density at radius 3 is 1.58 bits per heavy atom. The highest BCUT2D eigenvalue weighted by Crippen LogP contribution is 2.51. The van der Waals surface area contributed by atoms with E-state index < -0.39 is 0 Å². The first kappa shape index (κ1) is 31.5. The van der Waals surface area contributed by atoms with Gasteiger partial charge >= 0.3 is 0 Å². The minimum atomic E-state index is -0.0609. The third kappa shape index (κ3) is 5.37. The van der Waals surface area contributed by atoms with Gasteiger partial charge in [-0.2, -0.15) is 0 Å². The van der Waals surface area contributed by atoms with Crippen LogP contribution in [0.5, 0.6) is 0 Å². The second-order valence-electron chi connectivity index (χ2n) is 14.6. The molecule has 0 N–H and O–H groups in total. The molecule has 53 heavy (non-hydrogen) atoms. The van der Waals surface area contributed by atoms with Crippen molar-refractivity contribution in [1.82, 2.24) is 0 Å². The molecule has 1 aliphatic carbocycles. The molecule has 0 aliphatic heterocycles. The third-order valence-electron chi connectivity index (χ3n) is 11.1. The van der Waals surface area contributed by atoms with Crippen molar-refractivity contribution < 1.29 is 0 Å². The Balaban J connectivity index is 0.974. The van der Waals surface area contributed by atoms with Crippen LogP contribution in [0.2, 0.25) is 0 Å². The molecule has 1 aliphatic rings. The number of hydrogen-bond donors (Lipinski definition) is 0. The molecule has 0 unspecified atom stereocenters. The lowest BCUT2D eigenvalue weighted by Gasteiger charge is -2.26. The van der Waals surface area contributed by atoms with E-state index in [2.05, 4.69) is 207 Å². The van der Waals surface area contributed by atoms with E-state index in [4.69, 9.17) is 0 Å². The molecule has 0 atom stereocenters. The second kappa shape index (κ2) is 12.5. The van der Waals surface area contributed by atoms with Crippen molar-refractivity contribution in [3.63, 3.8) is 0 Å². The van der Waals surface area contributed by atoms with Crippen molar-refractivity contribution in [3.05, 3.63) is 199 Å². The van der Waals surface area contributed by atoms with E-state index in [1.165, 1.54) is 75.8 Å². The molecule has 0 saturated heterocycles. The number of hydrogen-bond acceptors (Lipinski definition) is 2. The van der Waals surface area contributed by atoms with Crippen molar-refractivity contribution in [2.24, 2.45) is 0 Å². The van der Waals surface area contributed by atoms with Crippen molar-refractivity contribution in [3.8, 4) is 44.5 Å². The van der Waals surface area contributed by atoms with Crippen LogP contribution in [0.4, 0.5) is 17.1 Å². The van der Waals surface area contributed by atoms with Crippen LogP contribution in [0, 0.1) is 0 Å². The molecule has 0 saturated carbocycles. The Morgan fingerprint density at radius 1 is 0.358 bits per heavy atom. The average Bonchev–Trinajstić information content (AvgIpc) is 3.70. The Bertz CT molecular complexity index is 2780. The molecule has 0 spiro atoms. The van der Waals surface area contributed by atoms with E-state index in [0.29, 0.717) is 0 Å². The van der Waals surface area contributed by atoms with Gasteiger partial charge in [0, 0.05) is 42.6 Å². The highest BCUT2D eigenvalue weighted by atomic mass is 32.1. The lowest BCUT2D eigenvalue weighted by Crippen LogP contribution is -2.15. The molecular formula is C51H37NS. The Morgan fingerprint density at radius 2 is 0.868 bits per heavy atom. The van der Waals surface area contributed by atoms with Gasteiger partial charge in [0.15, 0.2) is 0 Å². The lowest BCUT2D eigenvalue weighted by atomic mass is 9.81.